The Morgan fingerprint density at radius 1 is 1.15 bits per heavy atom. The van der Waals surface area contributed by atoms with E-state index in [2.05, 4.69) is 15.0 Å². The zero-order chi connectivity index (χ0) is 18.7. The lowest BCUT2D eigenvalue weighted by Crippen LogP contribution is -2.12. The van der Waals surface area contributed by atoms with E-state index < -0.39 is 5.97 Å². The van der Waals surface area contributed by atoms with Crippen molar-refractivity contribution in [2.45, 2.75) is 6.92 Å². The molecule has 1 heterocycles. The predicted octanol–water partition coefficient (Wildman–Crippen LogP) is 4.30. The van der Waals surface area contributed by atoms with Crippen molar-refractivity contribution in [1.82, 2.24) is 4.98 Å². The number of rotatable bonds is 4. The number of thiazole rings is 1. The number of nitrogens with one attached hydrogen (secondary N) is 1. The maximum Gasteiger partial charge on any atom is 0.337 e. The summed E-state index contributed by atoms with van der Waals surface area (Å²) in [7, 11) is 1.30. The first-order valence-electron chi connectivity index (χ1n) is 7.71. The summed E-state index contributed by atoms with van der Waals surface area (Å²) in [5, 5.41) is 3.39. The summed E-state index contributed by atoms with van der Waals surface area (Å²) in [5.41, 5.74) is 2.15. The fraction of sp³-hybridized carbons (Fsp3) is 0.105. The van der Waals surface area contributed by atoms with Crippen LogP contribution >= 0.6 is 11.3 Å². The first-order chi connectivity index (χ1) is 12.5. The highest BCUT2D eigenvalue weighted by Gasteiger charge is 2.17. The topological polar surface area (TPSA) is 68.3 Å². The van der Waals surface area contributed by atoms with E-state index in [4.69, 9.17) is 0 Å². The number of benzene rings is 2. The molecule has 0 saturated carbocycles. The van der Waals surface area contributed by atoms with Crippen molar-refractivity contribution in [3.05, 3.63) is 70.5 Å². The molecule has 0 saturated heterocycles. The lowest BCUT2D eigenvalue weighted by Gasteiger charge is -2.06. The van der Waals surface area contributed by atoms with Gasteiger partial charge in [0.2, 0.25) is 0 Å². The monoisotopic (exact) mass is 370 g/mol. The van der Waals surface area contributed by atoms with Gasteiger partial charge in [0.1, 0.15) is 15.7 Å². The normalized spacial score (nSPS) is 10.4. The molecule has 0 spiro atoms. The van der Waals surface area contributed by atoms with Crippen LogP contribution in [-0.4, -0.2) is 24.0 Å². The van der Waals surface area contributed by atoms with Gasteiger partial charge in [-0.1, -0.05) is 6.07 Å². The van der Waals surface area contributed by atoms with Gasteiger partial charge in [-0.3, -0.25) is 4.79 Å². The molecule has 0 fully saturated rings. The number of ether oxygens (including phenoxy) is 1. The van der Waals surface area contributed by atoms with E-state index in [9.17, 15) is 14.0 Å². The minimum atomic E-state index is -0.478. The maximum absolute atomic E-state index is 13.1. The van der Waals surface area contributed by atoms with E-state index in [0.29, 0.717) is 26.8 Å². The molecule has 0 aliphatic rings. The number of halogens is 1. The third kappa shape index (κ3) is 3.78. The van der Waals surface area contributed by atoms with Crippen LogP contribution in [0, 0.1) is 12.7 Å². The minimum Gasteiger partial charge on any atom is -0.465 e. The van der Waals surface area contributed by atoms with Gasteiger partial charge in [-0.15, -0.1) is 11.3 Å². The van der Waals surface area contributed by atoms with E-state index in [-0.39, 0.29) is 11.7 Å². The molecular weight excluding hydrogens is 355 g/mol. The average Bonchev–Trinajstić information content (AvgIpc) is 3.03. The van der Waals surface area contributed by atoms with Gasteiger partial charge in [-0.2, -0.15) is 0 Å². The molecule has 0 aliphatic heterocycles. The van der Waals surface area contributed by atoms with E-state index in [0.717, 1.165) is 5.56 Å². The summed E-state index contributed by atoms with van der Waals surface area (Å²) in [4.78, 5) is 29.0. The van der Waals surface area contributed by atoms with Crippen molar-refractivity contribution in [1.29, 1.82) is 0 Å². The number of esters is 1. The number of carbonyl (C=O) groups excluding carboxylic acids is 2. The second-order valence-corrected chi connectivity index (χ2v) is 6.47. The summed E-state index contributed by atoms with van der Waals surface area (Å²) in [6, 6.07) is 12.4. The third-order valence-corrected chi connectivity index (χ3v) is 4.84. The zero-order valence-corrected chi connectivity index (χ0v) is 14.9. The van der Waals surface area contributed by atoms with Crippen molar-refractivity contribution < 1.29 is 18.7 Å². The largest absolute Gasteiger partial charge is 0.465 e. The number of amides is 1. The van der Waals surface area contributed by atoms with Crippen LogP contribution in [0.5, 0.6) is 0 Å². The maximum atomic E-state index is 13.1. The van der Waals surface area contributed by atoms with E-state index in [1.54, 1.807) is 43.3 Å². The SMILES string of the molecule is COC(=O)c1cccc(NC(=O)c2sc(-c3ccc(F)cc3)nc2C)c1. The molecule has 0 unspecified atom stereocenters. The molecule has 1 amide bonds. The number of aromatic nitrogens is 1. The van der Waals surface area contributed by atoms with Gasteiger partial charge in [0.15, 0.2) is 0 Å². The van der Waals surface area contributed by atoms with Crippen molar-refractivity contribution in [3.8, 4) is 10.6 Å². The molecule has 0 aliphatic carbocycles. The van der Waals surface area contributed by atoms with Gasteiger partial charge in [0, 0.05) is 11.3 Å². The van der Waals surface area contributed by atoms with E-state index in [1.165, 1.54) is 30.6 Å². The Hall–Kier alpha value is -3.06. The van der Waals surface area contributed by atoms with Gasteiger partial charge in [0.05, 0.1) is 18.4 Å². The fourth-order valence-electron chi connectivity index (χ4n) is 2.35. The average molecular weight is 370 g/mol. The van der Waals surface area contributed by atoms with Gasteiger partial charge >= 0.3 is 5.97 Å². The lowest BCUT2D eigenvalue weighted by atomic mass is 10.2. The summed E-state index contributed by atoms with van der Waals surface area (Å²) in [5.74, 6) is -1.13. The van der Waals surface area contributed by atoms with Crippen LogP contribution in [0.25, 0.3) is 10.6 Å². The zero-order valence-electron chi connectivity index (χ0n) is 14.1. The molecule has 1 N–H and O–H groups in total. The van der Waals surface area contributed by atoms with Crippen molar-refractivity contribution in [3.63, 3.8) is 0 Å². The van der Waals surface area contributed by atoms with Crippen molar-refractivity contribution >= 4 is 28.9 Å². The first kappa shape index (κ1) is 17.8. The van der Waals surface area contributed by atoms with Crippen molar-refractivity contribution in [2.75, 3.05) is 12.4 Å². The van der Waals surface area contributed by atoms with Crippen LogP contribution < -0.4 is 5.32 Å². The Morgan fingerprint density at radius 2 is 1.88 bits per heavy atom. The van der Waals surface area contributed by atoms with Gasteiger partial charge in [-0.05, 0) is 49.4 Å². The molecule has 0 radical (unpaired) electrons. The minimum absolute atomic E-state index is 0.324. The van der Waals surface area contributed by atoms with Crippen LogP contribution in [0.2, 0.25) is 0 Å². The Kier molecular flexibility index (Phi) is 5.09. The van der Waals surface area contributed by atoms with Gasteiger partial charge in [0.25, 0.3) is 5.91 Å². The number of hydrogen-bond donors (Lipinski definition) is 1. The highest BCUT2D eigenvalue weighted by atomic mass is 32.1. The predicted molar refractivity (Wildman–Crippen MR) is 98.0 cm³/mol. The van der Waals surface area contributed by atoms with Gasteiger partial charge < -0.3 is 10.1 Å². The smallest absolute Gasteiger partial charge is 0.337 e. The highest BCUT2D eigenvalue weighted by Crippen LogP contribution is 2.28. The third-order valence-electron chi connectivity index (χ3n) is 3.64. The number of carbonyl (C=O) groups is 2. The molecule has 1 aromatic heterocycles. The summed E-state index contributed by atoms with van der Waals surface area (Å²) >= 11 is 1.22. The Bertz CT molecular complexity index is 967. The molecule has 3 rings (SSSR count). The quantitative estimate of drug-likeness (QED) is 0.696. The number of anilines is 1. The Balaban J connectivity index is 1.82. The summed E-state index contributed by atoms with van der Waals surface area (Å²) < 4.78 is 17.7. The molecule has 132 valence electrons. The van der Waals surface area contributed by atoms with Crippen LogP contribution in [0.3, 0.4) is 0 Å². The highest BCUT2D eigenvalue weighted by molar-refractivity contribution is 7.17. The second kappa shape index (κ2) is 7.45. The lowest BCUT2D eigenvalue weighted by molar-refractivity contribution is 0.0600. The molecular formula is C19H15FN2O3S. The number of aryl methyl sites for hydroxylation is 1. The fourth-order valence-corrected chi connectivity index (χ4v) is 3.32. The molecule has 26 heavy (non-hydrogen) atoms. The van der Waals surface area contributed by atoms with Crippen LogP contribution in [0.15, 0.2) is 48.5 Å². The summed E-state index contributed by atoms with van der Waals surface area (Å²) in [6.07, 6.45) is 0. The van der Waals surface area contributed by atoms with Crippen LogP contribution in [-0.2, 0) is 4.74 Å². The first-order valence-corrected chi connectivity index (χ1v) is 8.52. The van der Waals surface area contributed by atoms with E-state index >= 15 is 0 Å². The standard InChI is InChI=1S/C19H15FN2O3S/c1-11-16(26-18(21-11)12-6-8-14(20)9-7-12)17(23)22-15-5-3-4-13(10-15)19(24)25-2/h3-10H,1-2H3,(H,22,23). The molecule has 7 heteroatoms. The Labute approximate surface area is 153 Å². The van der Waals surface area contributed by atoms with Crippen molar-refractivity contribution in [2.24, 2.45) is 0 Å². The summed E-state index contributed by atoms with van der Waals surface area (Å²) in [6.45, 7) is 1.74. The number of nitrogens with zero attached hydrogens (tertiary/aromatic N) is 1. The Morgan fingerprint density at radius 3 is 2.58 bits per heavy atom. The molecule has 0 atom stereocenters. The second-order valence-electron chi connectivity index (χ2n) is 5.47. The number of hydrogen-bond acceptors (Lipinski definition) is 5. The molecule has 0 bridgehead atoms. The molecule has 2 aromatic carbocycles. The molecule has 5 nitrogen and oxygen atoms in total. The van der Waals surface area contributed by atoms with Crippen LogP contribution in [0.4, 0.5) is 10.1 Å². The van der Waals surface area contributed by atoms with E-state index in [1.807, 2.05) is 0 Å². The van der Waals surface area contributed by atoms with Gasteiger partial charge in [-0.25, -0.2) is 14.2 Å². The van der Waals surface area contributed by atoms with Crippen LogP contribution in [0.1, 0.15) is 25.7 Å². The number of methoxy groups -OCH3 is 1. The molecule has 3 aromatic rings.